The average molecular weight is 505 g/mol. The fourth-order valence-corrected chi connectivity index (χ4v) is 5.64. The number of aromatic nitrogens is 1. The van der Waals surface area contributed by atoms with Gasteiger partial charge >= 0.3 is 6.16 Å². The van der Waals surface area contributed by atoms with E-state index in [-0.39, 0.29) is 12.6 Å². The first-order valence-corrected chi connectivity index (χ1v) is 13.3. The van der Waals surface area contributed by atoms with Crippen molar-refractivity contribution >= 4 is 17.1 Å². The Labute approximate surface area is 221 Å². The lowest BCUT2D eigenvalue weighted by molar-refractivity contribution is -0.0645. The lowest BCUT2D eigenvalue weighted by Crippen LogP contribution is -2.55. The molecule has 5 atom stereocenters. The van der Waals surface area contributed by atoms with E-state index in [0.29, 0.717) is 11.8 Å². The number of pyridine rings is 1. The van der Waals surface area contributed by atoms with Crippen LogP contribution in [0.4, 0.5) is 4.79 Å². The van der Waals surface area contributed by atoms with Gasteiger partial charge in [-0.25, -0.2) is 4.79 Å². The highest BCUT2D eigenvalue weighted by Gasteiger charge is 2.44. The number of piperidine rings is 3. The number of rotatable bonds is 10. The van der Waals surface area contributed by atoms with Crippen molar-refractivity contribution in [2.45, 2.75) is 58.6 Å². The minimum atomic E-state index is -0.644. The summed E-state index contributed by atoms with van der Waals surface area (Å²) in [4.78, 5) is 20.0. The molecule has 37 heavy (non-hydrogen) atoms. The van der Waals surface area contributed by atoms with Gasteiger partial charge in [0.1, 0.15) is 18.5 Å². The second-order valence-corrected chi connectivity index (χ2v) is 10.5. The number of methoxy groups -OCH3 is 1. The van der Waals surface area contributed by atoms with E-state index in [2.05, 4.69) is 49.4 Å². The third kappa shape index (κ3) is 6.61. The largest absolute Gasteiger partial charge is 0.509 e. The van der Waals surface area contributed by atoms with Crippen LogP contribution in [0.2, 0.25) is 0 Å². The highest BCUT2D eigenvalue weighted by Crippen LogP contribution is 2.43. The summed E-state index contributed by atoms with van der Waals surface area (Å²) in [6.45, 7) is 12.5. The molecule has 0 aliphatic carbocycles. The van der Waals surface area contributed by atoms with Crippen LogP contribution in [0.5, 0.6) is 5.75 Å². The summed E-state index contributed by atoms with van der Waals surface area (Å²) in [6, 6.07) is 7.84. The summed E-state index contributed by atoms with van der Waals surface area (Å²) in [6.07, 6.45) is 11.0. The molecule has 5 rings (SSSR count). The average Bonchev–Trinajstić information content (AvgIpc) is 2.91. The zero-order chi connectivity index (χ0) is 26.4. The third-order valence-electron chi connectivity index (χ3n) is 7.74. The van der Waals surface area contributed by atoms with Crippen LogP contribution in [0, 0.1) is 11.8 Å². The number of allylic oxidation sites excluding steroid dienone is 3. The Morgan fingerprint density at radius 2 is 2.08 bits per heavy atom. The van der Waals surface area contributed by atoms with Gasteiger partial charge in [-0.15, -0.1) is 6.58 Å². The maximum absolute atomic E-state index is 13.0. The van der Waals surface area contributed by atoms with Gasteiger partial charge in [0.05, 0.1) is 18.7 Å². The molecule has 0 saturated carbocycles. The van der Waals surface area contributed by atoms with Crippen LogP contribution < -0.4 is 4.74 Å². The molecule has 0 radical (unpaired) electrons. The molecule has 0 N–H and O–H groups in total. The molecular weight excluding hydrogens is 464 g/mol. The number of hydrogen-bond donors (Lipinski definition) is 0. The Kier molecular flexibility index (Phi) is 9.04. The van der Waals surface area contributed by atoms with Crippen molar-refractivity contribution in [2.24, 2.45) is 11.8 Å². The molecule has 6 nitrogen and oxygen atoms in total. The smallest absolute Gasteiger partial charge is 0.497 e. The Hall–Kier alpha value is -3.12. The number of benzene rings is 1. The molecule has 1 aromatic heterocycles. The first kappa shape index (κ1) is 26.9. The molecule has 198 valence electrons. The van der Waals surface area contributed by atoms with Gasteiger partial charge < -0.3 is 14.2 Å². The van der Waals surface area contributed by atoms with Crippen LogP contribution in [0.1, 0.15) is 58.1 Å². The summed E-state index contributed by atoms with van der Waals surface area (Å²) < 4.78 is 17.2. The van der Waals surface area contributed by atoms with E-state index in [1.807, 2.05) is 30.3 Å². The zero-order valence-corrected chi connectivity index (χ0v) is 22.6. The summed E-state index contributed by atoms with van der Waals surface area (Å²) in [7, 11) is 1.65. The summed E-state index contributed by atoms with van der Waals surface area (Å²) in [5.41, 5.74) is 4.28. The van der Waals surface area contributed by atoms with Crippen LogP contribution in [-0.4, -0.2) is 48.9 Å². The van der Waals surface area contributed by atoms with Gasteiger partial charge in [-0.05, 0) is 95.2 Å². The van der Waals surface area contributed by atoms with E-state index in [9.17, 15) is 4.79 Å². The summed E-state index contributed by atoms with van der Waals surface area (Å²) >= 11 is 0. The van der Waals surface area contributed by atoms with Gasteiger partial charge in [0.25, 0.3) is 0 Å². The lowest BCUT2D eigenvalue weighted by Gasteiger charge is -2.51. The number of hydrogen-bond acceptors (Lipinski definition) is 6. The van der Waals surface area contributed by atoms with Gasteiger partial charge in [0.2, 0.25) is 0 Å². The minimum Gasteiger partial charge on any atom is -0.497 e. The van der Waals surface area contributed by atoms with Gasteiger partial charge in [0, 0.05) is 23.7 Å². The summed E-state index contributed by atoms with van der Waals surface area (Å²) in [5.74, 6) is 1.77. The zero-order valence-electron chi connectivity index (χ0n) is 22.6. The molecule has 1 aromatic carbocycles. The quantitative estimate of drug-likeness (QED) is 0.256. The highest BCUT2D eigenvalue weighted by molar-refractivity contribution is 5.84. The summed E-state index contributed by atoms with van der Waals surface area (Å²) in [5, 5.41) is 0.928. The van der Waals surface area contributed by atoms with E-state index in [1.165, 1.54) is 11.1 Å². The molecule has 3 aliphatic rings. The molecule has 4 heterocycles. The van der Waals surface area contributed by atoms with Crippen LogP contribution in [0.25, 0.3) is 10.9 Å². The number of carbonyl (C=O) groups excluding carboxylic acids is 1. The highest BCUT2D eigenvalue weighted by atomic mass is 16.7. The van der Waals surface area contributed by atoms with Crippen molar-refractivity contribution in [1.29, 1.82) is 0 Å². The minimum absolute atomic E-state index is 0.0700. The van der Waals surface area contributed by atoms with E-state index >= 15 is 0 Å². The fraction of sp³-hybridized carbons (Fsp3) is 0.484. The fourth-order valence-electron chi connectivity index (χ4n) is 5.64. The predicted molar refractivity (Wildman–Crippen MR) is 148 cm³/mol. The second kappa shape index (κ2) is 12.4. The SMILES string of the molecule is C=C[C@H]1CN2CC[C@H]1C[C@H]2[C@H](OC(=O)OC/C=C(\C)CCC=C(C)C)c1ccnc2ccc(OC)cc12. The first-order valence-electron chi connectivity index (χ1n) is 13.3. The topological polar surface area (TPSA) is 60.9 Å². The maximum Gasteiger partial charge on any atom is 0.509 e. The Morgan fingerprint density at radius 3 is 2.78 bits per heavy atom. The first-order chi connectivity index (χ1) is 17.9. The number of fused-ring (bicyclic) bond motifs is 4. The van der Waals surface area contributed by atoms with Gasteiger partial charge in [-0.2, -0.15) is 0 Å². The Bertz CT molecular complexity index is 1170. The van der Waals surface area contributed by atoms with Gasteiger partial charge in [-0.1, -0.05) is 23.3 Å². The standard InChI is InChI=1S/C31H40N2O4/c1-6-23-20-33-16-13-24(23)18-29(33)30(26-12-15-32-28-11-10-25(35-5)19-27(26)28)37-31(34)36-17-14-22(4)9-7-8-21(2)3/h6,8,10-12,14-15,19,23-24,29-30H,1,7,9,13,16-18,20H2,2-5H3/b22-14+/t23-,24-,29-,30+/m0/s1. The van der Waals surface area contributed by atoms with Crippen molar-refractivity contribution in [3.05, 3.63) is 72.0 Å². The third-order valence-corrected chi connectivity index (χ3v) is 7.74. The van der Waals surface area contributed by atoms with Crippen LogP contribution in [0.3, 0.4) is 0 Å². The molecule has 3 aliphatic heterocycles. The van der Waals surface area contributed by atoms with Crippen molar-refractivity contribution in [2.75, 3.05) is 26.8 Å². The van der Waals surface area contributed by atoms with Crippen molar-refractivity contribution in [1.82, 2.24) is 9.88 Å². The molecule has 2 aromatic rings. The van der Waals surface area contributed by atoms with Gasteiger partial charge in [0.15, 0.2) is 0 Å². The van der Waals surface area contributed by atoms with Crippen molar-refractivity contribution in [3.63, 3.8) is 0 Å². The van der Waals surface area contributed by atoms with Crippen LogP contribution >= 0.6 is 0 Å². The normalized spacial score (nSPS) is 23.8. The van der Waals surface area contributed by atoms with E-state index < -0.39 is 12.3 Å². The predicted octanol–water partition coefficient (Wildman–Crippen LogP) is 7.03. The van der Waals surface area contributed by atoms with Crippen molar-refractivity contribution in [3.8, 4) is 5.75 Å². The number of nitrogens with zero attached hydrogens (tertiary/aromatic N) is 2. The van der Waals surface area contributed by atoms with Gasteiger partial charge in [-0.3, -0.25) is 9.88 Å². The maximum atomic E-state index is 13.0. The van der Waals surface area contributed by atoms with E-state index in [0.717, 1.165) is 61.0 Å². The van der Waals surface area contributed by atoms with Crippen LogP contribution in [0.15, 0.2) is 66.4 Å². The molecule has 3 fully saturated rings. The molecule has 0 amide bonds. The van der Waals surface area contributed by atoms with Crippen LogP contribution in [-0.2, 0) is 9.47 Å². The second-order valence-electron chi connectivity index (χ2n) is 10.5. The molecule has 3 saturated heterocycles. The molecule has 0 spiro atoms. The number of carbonyl (C=O) groups is 1. The molecule has 2 bridgehead atoms. The van der Waals surface area contributed by atoms with E-state index in [4.69, 9.17) is 14.2 Å². The molecule has 1 unspecified atom stereocenters. The molecular formula is C31H40N2O4. The lowest BCUT2D eigenvalue weighted by atomic mass is 9.73. The Balaban J connectivity index is 1.55. The van der Waals surface area contributed by atoms with E-state index in [1.54, 1.807) is 13.3 Å². The Morgan fingerprint density at radius 1 is 1.24 bits per heavy atom. The monoisotopic (exact) mass is 504 g/mol. The number of ether oxygens (including phenoxy) is 3. The van der Waals surface area contributed by atoms with Crippen molar-refractivity contribution < 1.29 is 19.0 Å². The molecule has 6 heteroatoms.